The minimum Gasteiger partial charge on any atom is -0.508 e. The Hall–Kier alpha value is -3.48. The third-order valence-corrected chi connectivity index (χ3v) is 5.16. The average molecular weight is 413 g/mol. The van der Waals surface area contributed by atoms with Crippen molar-refractivity contribution in [3.8, 4) is 16.9 Å². The van der Waals surface area contributed by atoms with Crippen molar-refractivity contribution in [2.24, 2.45) is 0 Å². The highest BCUT2D eigenvalue weighted by atomic mass is 19.4. The first-order chi connectivity index (χ1) is 14.3. The summed E-state index contributed by atoms with van der Waals surface area (Å²) in [6, 6.07) is 17.6. The maximum atomic E-state index is 13.5. The van der Waals surface area contributed by atoms with E-state index in [1.807, 2.05) is 53.8 Å². The Bertz CT molecular complexity index is 1020. The summed E-state index contributed by atoms with van der Waals surface area (Å²) in [5, 5.41) is 11.2. The van der Waals surface area contributed by atoms with E-state index in [0.29, 0.717) is 0 Å². The Balaban J connectivity index is 1.50. The lowest BCUT2D eigenvalue weighted by Gasteiger charge is -2.22. The molecule has 1 amide bonds. The molecule has 0 unspecified atom stereocenters. The molecule has 1 aliphatic rings. The second-order valence-electron chi connectivity index (χ2n) is 7.04. The van der Waals surface area contributed by atoms with Gasteiger partial charge in [0, 0.05) is 5.92 Å². The maximum absolute atomic E-state index is 13.5. The number of rotatable bonds is 4. The Labute approximate surface area is 170 Å². The molecule has 154 valence electrons. The van der Waals surface area contributed by atoms with E-state index in [4.69, 9.17) is 4.74 Å². The molecule has 0 saturated heterocycles. The number of fused-ring (bicyclic) bond motifs is 3. The first kappa shape index (κ1) is 19.8. The molecule has 4 rings (SSSR count). The number of hydrogen-bond donors (Lipinski definition) is 2. The number of hydrogen-bond acceptors (Lipinski definition) is 3. The standard InChI is InChI=1S/C23H18F3NO3/c24-23(25,26)21(14-9-11-15(28)12-10-14)27-22(29)30-13-20-18-7-3-1-5-16(18)17-6-2-4-8-19(17)20/h1-12,20-21,28H,13H2,(H,27,29)/t21-/m0/s1. The number of alkyl carbamates (subject to hydrolysis) is 1. The monoisotopic (exact) mass is 413 g/mol. The number of ether oxygens (including phenoxy) is 1. The number of carbonyl (C=O) groups is 1. The van der Waals surface area contributed by atoms with Gasteiger partial charge in [0.1, 0.15) is 12.4 Å². The lowest BCUT2D eigenvalue weighted by molar-refractivity contribution is -0.156. The van der Waals surface area contributed by atoms with Gasteiger partial charge in [0.15, 0.2) is 6.04 Å². The number of phenols is 1. The Kier molecular flexibility index (Phi) is 5.11. The zero-order valence-corrected chi connectivity index (χ0v) is 15.7. The number of aromatic hydroxyl groups is 1. The summed E-state index contributed by atoms with van der Waals surface area (Å²) in [5.74, 6) is -0.415. The molecule has 4 nitrogen and oxygen atoms in total. The molecule has 0 spiro atoms. The van der Waals surface area contributed by atoms with Gasteiger partial charge in [-0.15, -0.1) is 0 Å². The smallest absolute Gasteiger partial charge is 0.412 e. The van der Waals surface area contributed by atoms with Gasteiger partial charge in [-0.3, -0.25) is 0 Å². The third kappa shape index (κ3) is 3.83. The van der Waals surface area contributed by atoms with Crippen LogP contribution >= 0.6 is 0 Å². The van der Waals surface area contributed by atoms with Crippen molar-refractivity contribution in [1.29, 1.82) is 0 Å². The molecule has 0 radical (unpaired) electrons. The van der Waals surface area contributed by atoms with Crippen molar-refractivity contribution in [2.75, 3.05) is 6.61 Å². The SMILES string of the molecule is O=C(N[C@@H](c1ccc(O)cc1)C(F)(F)F)OCC1c2ccccc2-c2ccccc21. The van der Waals surface area contributed by atoms with Crippen LogP contribution in [-0.2, 0) is 4.74 Å². The summed E-state index contributed by atoms with van der Waals surface area (Å²) in [6.07, 6.45) is -5.88. The molecule has 0 saturated carbocycles. The van der Waals surface area contributed by atoms with E-state index in [1.165, 1.54) is 0 Å². The first-order valence-corrected chi connectivity index (χ1v) is 9.32. The molecule has 0 aromatic heterocycles. The highest BCUT2D eigenvalue weighted by molar-refractivity contribution is 5.79. The zero-order chi connectivity index (χ0) is 21.3. The summed E-state index contributed by atoms with van der Waals surface area (Å²) < 4.78 is 45.6. The van der Waals surface area contributed by atoms with Crippen LogP contribution in [0.2, 0.25) is 0 Å². The van der Waals surface area contributed by atoms with Gasteiger partial charge in [0.2, 0.25) is 0 Å². The molecule has 7 heteroatoms. The van der Waals surface area contributed by atoms with Gasteiger partial charge in [0.25, 0.3) is 0 Å². The molecule has 3 aromatic carbocycles. The maximum Gasteiger partial charge on any atom is 0.412 e. The fourth-order valence-electron chi connectivity index (χ4n) is 3.78. The van der Waals surface area contributed by atoms with Crippen molar-refractivity contribution in [3.63, 3.8) is 0 Å². The number of nitrogens with one attached hydrogen (secondary N) is 1. The molecule has 1 atom stereocenters. The van der Waals surface area contributed by atoms with Crippen LogP contribution < -0.4 is 5.32 Å². The van der Waals surface area contributed by atoms with Crippen LogP contribution in [0, 0.1) is 0 Å². The molecule has 0 aliphatic heterocycles. The Morgan fingerprint density at radius 1 is 0.933 bits per heavy atom. The van der Waals surface area contributed by atoms with Gasteiger partial charge in [0.05, 0.1) is 0 Å². The van der Waals surface area contributed by atoms with E-state index in [9.17, 15) is 23.1 Å². The quantitative estimate of drug-likeness (QED) is 0.591. The molecule has 0 bridgehead atoms. The van der Waals surface area contributed by atoms with Gasteiger partial charge < -0.3 is 15.2 Å². The van der Waals surface area contributed by atoms with Gasteiger partial charge in [-0.05, 0) is 39.9 Å². The molecular formula is C23H18F3NO3. The molecule has 1 aliphatic carbocycles. The van der Waals surface area contributed by atoms with E-state index in [2.05, 4.69) is 0 Å². The molecule has 3 aromatic rings. The normalized spacial score (nSPS) is 14.0. The van der Waals surface area contributed by atoms with Gasteiger partial charge in [-0.25, -0.2) is 4.79 Å². The number of benzene rings is 3. The summed E-state index contributed by atoms with van der Waals surface area (Å²) in [7, 11) is 0. The summed E-state index contributed by atoms with van der Waals surface area (Å²) in [5.41, 5.74) is 3.79. The fraction of sp³-hybridized carbons (Fsp3) is 0.174. The molecule has 0 heterocycles. The highest BCUT2D eigenvalue weighted by Gasteiger charge is 2.42. The van der Waals surface area contributed by atoms with E-state index in [1.54, 1.807) is 0 Å². The van der Waals surface area contributed by atoms with Crippen LogP contribution in [-0.4, -0.2) is 24.0 Å². The van der Waals surface area contributed by atoms with Crippen LogP contribution in [0.4, 0.5) is 18.0 Å². The van der Waals surface area contributed by atoms with Crippen molar-refractivity contribution >= 4 is 6.09 Å². The Morgan fingerprint density at radius 3 is 2.00 bits per heavy atom. The van der Waals surface area contributed by atoms with Gasteiger partial charge in [-0.1, -0.05) is 60.7 Å². The van der Waals surface area contributed by atoms with Crippen LogP contribution in [0.3, 0.4) is 0 Å². The van der Waals surface area contributed by atoms with Gasteiger partial charge in [-0.2, -0.15) is 13.2 Å². The van der Waals surface area contributed by atoms with E-state index >= 15 is 0 Å². The Morgan fingerprint density at radius 2 is 1.47 bits per heavy atom. The average Bonchev–Trinajstić information content (AvgIpc) is 3.04. The number of amides is 1. The van der Waals surface area contributed by atoms with E-state index in [0.717, 1.165) is 46.5 Å². The van der Waals surface area contributed by atoms with Crippen LogP contribution in [0.15, 0.2) is 72.8 Å². The first-order valence-electron chi connectivity index (χ1n) is 9.32. The van der Waals surface area contributed by atoms with Crippen LogP contribution in [0.5, 0.6) is 5.75 Å². The fourth-order valence-corrected chi connectivity index (χ4v) is 3.78. The topological polar surface area (TPSA) is 58.6 Å². The predicted molar refractivity (Wildman–Crippen MR) is 105 cm³/mol. The van der Waals surface area contributed by atoms with E-state index < -0.39 is 18.3 Å². The lowest BCUT2D eigenvalue weighted by atomic mass is 9.98. The molecule has 0 fully saturated rings. The highest BCUT2D eigenvalue weighted by Crippen LogP contribution is 2.44. The summed E-state index contributed by atoms with van der Waals surface area (Å²) in [6.45, 7) is -0.0833. The van der Waals surface area contributed by atoms with Crippen molar-refractivity contribution in [2.45, 2.75) is 18.1 Å². The largest absolute Gasteiger partial charge is 0.508 e. The minimum absolute atomic E-state index is 0.0833. The van der Waals surface area contributed by atoms with Crippen molar-refractivity contribution in [3.05, 3.63) is 89.5 Å². The number of carbonyl (C=O) groups excluding carboxylic acids is 1. The molecular weight excluding hydrogens is 395 g/mol. The number of halogens is 3. The lowest BCUT2D eigenvalue weighted by Crippen LogP contribution is -2.38. The van der Waals surface area contributed by atoms with Crippen LogP contribution in [0.1, 0.15) is 28.7 Å². The summed E-state index contributed by atoms with van der Waals surface area (Å²) in [4.78, 5) is 12.2. The third-order valence-electron chi connectivity index (χ3n) is 5.16. The van der Waals surface area contributed by atoms with Gasteiger partial charge >= 0.3 is 12.3 Å². The second kappa shape index (κ2) is 7.74. The van der Waals surface area contributed by atoms with Crippen molar-refractivity contribution in [1.82, 2.24) is 5.32 Å². The summed E-state index contributed by atoms with van der Waals surface area (Å²) >= 11 is 0. The minimum atomic E-state index is -4.72. The number of alkyl halides is 3. The molecule has 2 N–H and O–H groups in total. The van der Waals surface area contributed by atoms with Crippen molar-refractivity contribution < 1.29 is 27.8 Å². The second-order valence-corrected chi connectivity index (χ2v) is 7.04. The molecule has 30 heavy (non-hydrogen) atoms. The predicted octanol–water partition coefficient (Wildman–Crippen LogP) is 5.53. The van der Waals surface area contributed by atoms with E-state index in [-0.39, 0.29) is 23.8 Å². The number of phenolic OH excluding ortho intramolecular Hbond substituents is 1. The van der Waals surface area contributed by atoms with Crippen LogP contribution in [0.25, 0.3) is 11.1 Å². The zero-order valence-electron chi connectivity index (χ0n) is 15.7.